The van der Waals surface area contributed by atoms with Crippen molar-refractivity contribution in [1.82, 2.24) is 0 Å². The second-order valence-electron chi connectivity index (χ2n) is 2.92. The van der Waals surface area contributed by atoms with Crippen LogP contribution in [0.25, 0.3) is 0 Å². The summed E-state index contributed by atoms with van der Waals surface area (Å²) in [5.41, 5.74) is 0.573. The number of nitriles is 1. The number of nitrogens with zero attached hydrogens (tertiary/aromatic N) is 1. The molecule has 1 rings (SSSR count). The van der Waals surface area contributed by atoms with Gasteiger partial charge >= 0.3 is 0 Å². The molecule has 1 aromatic rings. The van der Waals surface area contributed by atoms with Gasteiger partial charge in [0.1, 0.15) is 5.75 Å². The first-order valence-electron chi connectivity index (χ1n) is 4.74. The van der Waals surface area contributed by atoms with Gasteiger partial charge in [-0.15, -0.1) is 0 Å². The van der Waals surface area contributed by atoms with Crippen molar-refractivity contribution >= 4 is 10.8 Å². The van der Waals surface area contributed by atoms with Crippen LogP contribution in [0, 0.1) is 11.3 Å². The molecule has 0 radical (unpaired) electrons. The smallest absolute Gasteiger partial charge is 0.120 e. The van der Waals surface area contributed by atoms with E-state index in [0.717, 1.165) is 0 Å². The fourth-order valence-electron chi connectivity index (χ4n) is 1.05. The zero-order valence-corrected chi connectivity index (χ0v) is 9.42. The molecule has 4 heteroatoms. The molecule has 0 fully saturated rings. The van der Waals surface area contributed by atoms with E-state index in [4.69, 9.17) is 10.00 Å². The number of ether oxygens (including phenoxy) is 1. The molecule has 1 aromatic carbocycles. The summed E-state index contributed by atoms with van der Waals surface area (Å²) in [5.74, 6) is 1.84. The Labute approximate surface area is 92.1 Å². The largest absolute Gasteiger partial charge is 0.493 e. The highest BCUT2D eigenvalue weighted by molar-refractivity contribution is 7.84. The van der Waals surface area contributed by atoms with Crippen LogP contribution in [0.5, 0.6) is 5.75 Å². The van der Waals surface area contributed by atoms with E-state index in [9.17, 15) is 4.21 Å². The summed E-state index contributed by atoms with van der Waals surface area (Å²) in [7, 11) is -0.798. The van der Waals surface area contributed by atoms with Gasteiger partial charge in [0.05, 0.1) is 24.0 Å². The van der Waals surface area contributed by atoms with Gasteiger partial charge in [0.15, 0.2) is 0 Å². The lowest BCUT2D eigenvalue weighted by Gasteiger charge is -2.05. The highest BCUT2D eigenvalue weighted by Crippen LogP contribution is 2.12. The maximum Gasteiger partial charge on any atom is 0.120 e. The third-order valence-corrected chi connectivity index (χ3v) is 3.13. The van der Waals surface area contributed by atoms with Crippen LogP contribution in [0.3, 0.4) is 0 Å². The van der Waals surface area contributed by atoms with Crippen LogP contribution in [-0.4, -0.2) is 22.3 Å². The Balaban J connectivity index is 2.44. The van der Waals surface area contributed by atoms with Crippen molar-refractivity contribution in [2.45, 2.75) is 6.92 Å². The van der Waals surface area contributed by atoms with E-state index in [1.165, 1.54) is 0 Å². The van der Waals surface area contributed by atoms with E-state index < -0.39 is 10.8 Å². The third-order valence-electron chi connectivity index (χ3n) is 1.86. The highest BCUT2D eigenvalue weighted by Gasteiger charge is 1.98. The molecule has 0 aliphatic heterocycles. The summed E-state index contributed by atoms with van der Waals surface area (Å²) in [6.07, 6.45) is 0. The summed E-state index contributed by atoms with van der Waals surface area (Å²) in [6.45, 7) is 2.31. The van der Waals surface area contributed by atoms with Crippen molar-refractivity contribution in [3.05, 3.63) is 29.8 Å². The Kier molecular flexibility index (Phi) is 4.85. The predicted octanol–water partition coefficient (Wildman–Crippen LogP) is 1.71. The maximum absolute atomic E-state index is 11.1. The van der Waals surface area contributed by atoms with E-state index >= 15 is 0 Å². The zero-order chi connectivity index (χ0) is 11.1. The van der Waals surface area contributed by atoms with E-state index in [1.807, 2.05) is 13.0 Å². The molecule has 0 aliphatic carbocycles. The minimum absolute atomic E-state index is 0.426. The van der Waals surface area contributed by atoms with Gasteiger partial charge in [0.2, 0.25) is 0 Å². The van der Waals surface area contributed by atoms with Gasteiger partial charge in [-0.1, -0.05) is 13.0 Å². The summed E-state index contributed by atoms with van der Waals surface area (Å²) < 4.78 is 16.5. The molecule has 0 spiro atoms. The van der Waals surface area contributed by atoms with Crippen molar-refractivity contribution in [3.63, 3.8) is 0 Å². The van der Waals surface area contributed by atoms with Crippen LogP contribution < -0.4 is 4.74 Å². The standard InChI is InChI=1S/C11H13NO2S/c1-2-15(13)7-6-14-11-5-3-4-10(8-11)9-12/h3-5,8H,2,6-7H2,1H3. The number of hydrogen-bond donors (Lipinski definition) is 0. The van der Waals surface area contributed by atoms with Crippen LogP contribution in [0.4, 0.5) is 0 Å². The van der Waals surface area contributed by atoms with Crippen molar-refractivity contribution < 1.29 is 8.95 Å². The van der Waals surface area contributed by atoms with Gasteiger partial charge in [-0.2, -0.15) is 5.26 Å². The molecule has 15 heavy (non-hydrogen) atoms. The minimum atomic E-state index is -0.798. The van der Waals surface area contributed by atoms with Crippen LogP contribution >= 0.6 is 0 Å². The quantitative estimate of drug-likeness (QED) is 0.763. The predicted molar refractivity (Wildman–Crippen MR) is 60.2 cm³/mol. The number of benzene rings is 1. The number of hydrogen-bond acceptors (Lipinski definition) is 3. The van der Waals surface area contributed by atoms with Crippen molar-refractivity contribution in [2.24, 2.45) is 0 Å². The lowest BCUT2D eigenvalue weighted by atomic mass is 10.2. The molecule has 0 saturated heterocycles. The Hall–Kier alpha value is -1.34. The normalized spacial score (nSPS) is 11.7. The minimum Gasteiger partial charge on any atom is -0.493 e. The van der Waals surface area contributed by atoms with Gasteiger partial charge in [0.25, 0.3) is 0 Å². The van der Waals surface area contributed by atoms with Crippen LogP contribution in [0.15, 0.2) is 24.3 Å². The summed E-state index contributed by atoms with van der Waals surface area (Å²) in [5, 5.41) is 8.66. The molecule has 1 atom stereocenters. The lowest BCUT2D eigenvalue weighted by molar-refractivity contribution is 0.342. The van der Waals surface area contributed by atoms with E-state index in [2.05, 4.69) is 0 Å². The molecule has 80 valence electrons. The average Bonchev–Trinajstić information content (AvgIpc) is 2.29. The topological polar surface area (TPSA) is 50.1 Å². The average molecular weight is 223 g/mol. The maximum atomic E-state index is 11.1. The van der Waals surface area contributed by atoms with Gasteiger partial charge in [-0.25, -0.2) is 0 Å². The number of rotatable bonds is 5. The second kappa shape index (κ2) is 6.20. The van der Waals surface area contributed by atoms with Gasteiger partial charge in [-0.05, 0) is 18.2 Å². The molecule has 0 heterocycles. The third kappa shape index (κ3) is 4.13. The molecule has 0 aromatic heterocycles. The molecule has 0 saturated carbocycles. The SMILES string of the molecule is CCS(=O)CCOc1cccc(C#N)c1. The summed E-state index contributed by atoms with van der Waals surface area (Å²) in [6, 6.07) is 8.99. The fraction of sp³-hybridized carbons (Fsp3) is 0.364. The molecule has 0 aliphatic rings. The first kappa shape index (κ1) is 11.7. The molecule has 0 bridgehead atoms. The molecule has 3 nitrogen and oxygen atoms in total. The molecule has 0 amide bonds. The summed E-state index contributed by atoms with van der Waals surface area (Å²) in [4.78, 5) is 0. The molecular weight excluding hydrogens is 210 g/mol. The monoisotopic (exact) mass is 223 g/mol. The van der Waals surface area contributed by atoms with E-state index in [0.29, 0.717) is 29.4 Å². The molecule has 1 unspecified atom stereocenters. The van der Waals surface area contributed by atoms with Crippen molar-refractivity contribution in [2.75, 3.05) is 18.1 Å². The Morgan fingerprint density at radius 1 is 1.53 bits per heavy atom. The van der Waals surface area contributed by atoms with Crippen LogP contribution in [0.1, 0.15) is 12.5 Å². The van der Waals surface area contributed by atoms with E-state index in [-0.39, 0.29) is 0 Å². The second-order valence-corrected chi connectivity index (χ2v) is 4.79. The first-order valence-corrected chi connectivity index (χ1v) is 6.23. The molecule has 0 N–H and O–H groups in total. The first-order chi connectivity index (χ1) is 7.26. The highest BCUT2D eigenvalue weighted by atomic mass is 32.2. The molecular formula is C11H13NO2S. The fourth-order valence-corrected chi connectivity index (χ4v) is 1.61. The Morgan fingerprint density at radius 3 is 3.00 bits per heavy atom. The van der Waals surface area contributed by atoms with E-state index in [1.54, 1.807) is 24.3 Å². The van der Waals surface area contributed by atoms with Crippen LogP contribution in [0.2, 0.25) is 0 Å². The Morgan fingerprint density at radius 2 is 2.33 bits per heavy atom. The van der Waals surface area contributed by atoms with Gasteiger partial charge in [-0.3, -0.25) is 4.21 Å². The van der Waals surface area contributed by atoms with Gasteiger partial charge in [0, 0.05) is 16.6 Å². The van der Waals surface area contributed by atoms with Crippen molar-refractivity contribution in [3.8, 4) is 11.8 Å². The zero-order valence-electron chi connectivity index (χ0n) is 8.60. The Bertz CT molecular complexity index is 384. The summed E-state index contributed by atoms with van der Waals surface area (Å²) >= 11 is 0. The van der Waals surface area contributed by atoms with Gasteiger partial charge < -0.3 is 4.74 Å². The van der Waals surface area contributed by atoms with Crippen molar-refractivity contribution in [1.29, 1.82) is 5.26 Å². The lowest BCUT2D eigenvalue weighted by Crippen LogP contribution is -2.09. The van der Waals surface area contributed by atoms with Crippen LogP contribution in [-0.2, 0) is 10.8 Å².